The third-order valence-corrected chi connectivity index (χ3v) is 7.21. The zero-order chi connectivity index (χ0) is 25.5. The van der Waals surface area contributed by atoms with Crippen LogP contribution in [0.1, 0.15) is 25.0 Å². The Morgan fingerprint density at radius 2 is 1.72 bits per heavy atom. The molecule has 8 nitrogen and oxygen atoms in total. The van der Waals surface area contributed by atoms with Crippen LogP contribution in [0.3, 0.4) is 0 Å². The van der Waals surface area contributed by atoms with E-state index in [1.54, 1.807) is 28.1 Å². The average molecular weight is 529 g/mol. The van der Waals surface area contributed by atoms with Crippen molar-refractivity contribution in [3.8, 4) is 0 Å². The molecule has 4 rings (SSSR count). The third-order valence-electron chi connectivity index (χ3n) is 5.69. The van der Waals surface area contributed by atoms with Gasteiger partial charge in [-0.2, -0.15) is 9.97 Å². The Hall–Kier alpha value is -2.69. The monoisotopic (exact) mass is 528 g/mol. The first-order valence-electron chi connectivity index (χ1n) is 11.8. The van der Waals surface area contributed by atoms with E-state index in [1.165, 1.54) is 0 Å². The van der Waals surface area contributed by atoms with E-state index < -0.39 is 17.2 Å². The van der Waals surface area contributed by atoms with Gasteiger partial charge < -0.3 is 14.0 Å². The molecule has 1 atom stereocenters. The predicted octanol–water partition coefficient (Wildman–Crippen LogP) is 4.83. The van der Waals surface area contributed by atoms with Gasteiger partial charge in [-0.05, 0) is 26.0 Å². The second-order valence-corrected chi connectivity index (χ2v) is 9.89. The highest BCUT2D eigenvalue weighted by molar-refractivity contribution is 7.90. The molecule has 1 aliphatic rings. The fourth-order valence-electron chi connectivity index (χ4n) is 3.95. The Labute approximate surface area is 219 Å². The van der Waals surface area contributed by atoms with E-state index in [-0.39, 0.29) is 36.7 Å². The highest BCUT2D eigenvalue weighted by Crippen LogP contribution is 2.35. The molecule has 0 aliphatic carbocycles. The van der Waals surface area contributed by atoms with Crippen LogP contribution >= 0.6 is 11.6 Å². The molecule has 0 bridgehead atoms. The first-order valence-corrected chi connectivity index (χ1v) is 13.5. The number of anilines is 2. The summed E-state index contributed by atoms with van der Waals surface area (Å²) in [5.74, 6) is 0.694. The van der Waals surface area contributed by atoms with Gasteiger partial charge in [-0.25, -0.2) is 4.79 Å². The Morgan fingerprint density at radius 3 is 2.39 bits per heavy atom. The number of hydrogen-bond acceptors (Lipinski definition) is 6. The fraction of sp³-hybridized carbons (Fsp3) is 0.346. The van der Waals surface area contributed by atoms with E-state index in [2.05, 4.69) is 9.97 Å². The second kappa shape index (κ2) is 12.5. The summed E-state index contributed by atoms with van der Waals surface area (Å²) in [5.41, 5.74) is 2.22. The van der Waals surface area contributed by atoms with Crippen LogP contribution < -0.4 is 9.80 Å². The van der Waals surface area contributed by atoms with Crippen LogP contribution in [0.15, 0.2) is 66.0 Å². The van der Waals surface area contributed by atoms with Crippen molar-refractivity contribution < 1.29 is 18.8 Å². The quantitative estimate of drug-likeness (QED) is 0.261. The third kappa shape index (κ3) is 5.99. The molecule has 0 N–H and O–H groups in total. The number of amides is 2. The van der Waals surface area contributed by atoms with Crippen LogP contribution in [0.4, 0.5) is 16.3 Å². The van der Waals surface area contributed by atoms with Gasteiger partial charge in [-0.1, -0.05) is 54.1 Å². The molecule has 10 heteroatoms. The zero-order valence-corrected chi connectivity index (χ0v) is 21.9. The number of benzene rings is 2. The van der Waals surface area contributed by atoms with Crippen LogP contribution in [0, 0.1) is 0 Å². The fourth-order valence-corrected chi connectivity index (χ4v) is 5.17. The van der Waals surface area contributed by atoms with Crippen LogP contribution in [0.2, 0.25) is 5.02 Å². The van der Waals surface area contributed by atoms with Gasteiger partial charge in [-0.15, -0.1) is 0 Å². The molecule has 190 valence electrons. The molecule has 1 aliphatic heterocycles. The van der Waals surface area contributed by atoms with Gasteiger partial charge >= 0.3 is 11.2 Å². The Kier molecular flexibility index (Phi) is 9.17. The summed E-state index contributed by atoms with van der Waals surface area (Å²) in [6, 6.07) is 16.0. The maximum Gasteiger partial charge on any atom is 0.344 e. The number of ether oxygens (including phenoxy) is 2. The molecule has 2 aromatic carbocycles. The Morgan fingerprint density at radius 1 is 1.06 bits per heavy atom. The van der Waals surface area contributed by atoms with Gasteiger partial charge in [0.05, 0.1) is 36.5 Å². The Balaban J connectivity index is 1.74. The molecule has 36 heavy (non-hydrogen) atoms. The first kappa shape index (κ1) is 26.4. The number of nitrogens with zero attached hydrogens (tertiary/aromatic N) is 4. The summed E-state index contributed by atoms with van der Waals surface area (Å²) in [4.78, 5) is 26.2. The van der Waals surface area contributed by atoms with E-state index >= 15 is 0 Å². The van der Waals surface area contributed by atoms with Crippen LogP contribution in [-0.4, -0.2) is 53.0 Å². The number of hydrogen-bond donors (Lipinski definition) is 0. The lowest BCUT2D eigenvalue weighted by molar-refractivity contribution is 0.0758. The van der Waals surface area contributed by atoms with Crippen LogP contribution in [0.5, 0.6) is 0 Å². The number of carbonyl (C=O) groups is 1. The minimum Gasteiger partial charge on any atom is -0.609 e. The van der Waals surface area contributed by atoms with Gasteiger partial charge in [0.15, 0.2) is 5.82 Å². The highest BCUT2D eigenvalue weighted by atomic mass is 35.5. The summed E-state index contributed by atoms with van der Waals surface area (Å²) in [5, 5.41) is 0.634. The van der Waals surface area contributed by atoms with E-state index in [0.717, 1.165) is 5.56 Å². The number of rotatable bonds is 11. The summed E-state index contributed by atoms with van der Waals surface area (Å²) in [6.45, 7) is 5.51. The number of carbonyl (C=O) groups excluding carboxylic acids is 1. The number of fused-ring (bicyclic) bond motifs is 1. The van der Waals surface area contributed by atoms with Crippen molar-refractivity contribution >= 4 is 40.3 Å². The van der Waals surface area contributed by atoms with Crippen molar-refractivity contribution in [1.29, 1.82) is 0 Å². The summed E-state index contributed by atoms with van der Waals surface area (Å²) < 4.78 is 24.6. The van der Waals surface area contributed by atoms with E-state index in [0.29, 0.717) is 35.3 Å². The highest BCUT2D eigenvalue weighted by Gasteiger charge is 2.39. The predicted molar refractivity (Wildman–Crippen MR) is 141 cm³/mol. The zero-order valence-electron chi connectivity index (χ0n) is 20.3. The minimum atomic E-state index is -1.49. The maximum atomic E-state index is 13.9. The molecule has 3 aromatic rings. The van der Waals surface area contributed by atoms with Crippen molar-refractivity contribution in [2.75, 3.05) is 36.2 Å². The number of urea groups is 1. The molecule has 0 saturated carbocycles. The van der Waals surface area contributed by atoms with Crippen molar-refractivity contribution in [2.24, 2.45) is 0 Å². The number of aromatic nitrogens is 2. The topological polar surface area (TPSA) is 90.9 Å². The lowest BCUT2D eigenvalue weighted by Crippen LogP contribution is -2.55. The van der Waals surface area contributed by atoms with Gasteiger partial charge in [0.25, 0.3) is 0 Å². The van der Waals surface area contributed by atoms with Crippen LogP contribution in [-0.2, 0) is 32.9 Å². The van der Waals surface area contributed by atoms with Gasteiger partial charge in [0, 0.05) is 41.7 Å². The maximum absolute atomic E-state index is 13.9. The SMILES string of the molecule is CCOCC(COCC)N1C(=O)N(c2ccccc2Cl)Cc2cnc([S+]([O-])Cc3ccccc3)nc21. The van der Waals surface area contributed by atoms with E-state index in [4.69, 9.17) is 21.1 Å². The summed E-state index contributed by atoms with van der Waals surface area (Å²) >= 11 is 4.97. The van der Waals surface area contributed by atoms with Crippen LogP contribution in [0.25, 0.3) is 0 Å². The molecular formula is C26H29ClN4O4S. The second-order valence-electron chi connectivity index (χ2n) is 8.14. The first-order chi connectivity index (χ1) is 17.5. The van der Waals surface area contributed by atoms with Gasteiger partial charge in [0.1, 0.15) is 5.75 Å². The van der Waals surface area contributed by atoms with Gasteiger partial charge in [0.2, 0.25) is 0 Å². The normalized spacial score (nSPS) is 14.3. The molecule has 0 fully saturated rings. The molecule has 0 saturated heterocycles. The van der Waals surface area contributed by atoms with Crippen molar-refractivity contribution in [3.05, 3.63) is 76.9 Å². The van der Waals surface area contributed by atoms with Crippen molar-refractivity contribution in [2.45, 2.75) is 37.3 Å². The van der Waals surface area contributed by atoms with Crippen molar-refractivity contribution in [1.82, 2.24) is 9.97 Å². The standard InChI is InChI=1S/C26H29ClN4O4S/c1-3-34-16-21(17-35-4-2)31-24-20(15-30(26(31)32)23-13-9-8-12-22(23)27)14-28-25(29-24)36(33)18-19-10-6-5-7-11-19/h5-14,21H,3-4,15-18H2,1-2H3. The Bertz CT molecular complexity index is 1160. The molecule has 1 unspecified atom stereocenters. The van der Waals surface area contributed by atoms with E-state index in [1.807, 2.05) is 56.3 Å². The molecule has 2 heterocycles. The lowest BCUT2D eigenvalue weighted by Gasteiger charge is -2.40. The molecule has 0 spiro atoms. The summed E-state index contributed by atoms with van der Waals surface area (Å²) in [7, 11) is 0. The average Bonchev–Trinajstić information content (AvgIpc) is 2.90. The minimum absolute atomic E-state index is 0.174. The molecular weight excluding hydrogens is 500 g/mol. The largest absolute Gasteiger partial charge is 0.609 e. The number of para-hydroxylation sites is 1. The number of halogens is 1. The molecule has 0 radical (unpaired) electrons. The smallest absolute Gasteiger partial charge is 0.344 e. The van der Waals surface area contributed by atoms with Gasteiger partial charge in [-0.3, -0.25) is 9.80 Å². The lowest BCUT2D eigenvalue weighted by atomic mass is 10.1. The molecule has 1 aromatic heterocycles. The molecule has 2 amide bonds. The summed E-state index contributed by atoms with van der Waals surface area (Å²) in [6.07, 6.45) is 1.64. The van der Waals surface area contributed by atoms with E-state index in [9.17, 15) is 9.35 Å². The van der Waals surface area contributed by atoms with Crippen molar-refractivity contribution in [3.63, 3.8) is 0 Å².